The molecular formula is C17H18N6O2. The highest BCUT2D eigenvalue weighted by atomic mass is 16.2. The molecule has 8 nitrogen and oxygen atoms in total. The third kappa shape index (κ3) is 2.86. The number of anilines is 2. The van der Waals surface area contributed by atoms with E-state index in [2.05, 4.69) is 20.4 Å². The van der Waals surface area contributed by atoms with Crippen LogP contribution in [0.25, 0.3) is 11.0 Å². The second-order valence-electron chi connectivity index (χ2n) is 6.09. The van der Waals surface area contributed by atoms with Crippen molar-refractivity contribution in [3.05, 3.63) is 46.4 Å². The van der Waals surface area contributed by atoms with E-state index in [4.69, 9.17) is 0 Å². The Morgan fingerprint density at radius 2 is 2.20 bits per heavy atom. The van der Waals surface area contributed by atoms with Crippen molar-refractivity contribution in [1.29, 1.82) is 0 Å². The van der Waals surface area contributed by atoms with Gasteiger partial charge in [-0.15, -0.1) is 0 Å². The SMILES string of the molecule is Cn1ncc2c(=O)[nH]c(NCc3cccc(N4CCCC4=O)c3)nc21. The normalized spacial score (nSPS) is 14.4. The second kappa shape index (κ2) is 6.04. The maximum absolute atomic E-state index is 12.1. The fourth-order valence-corrected chi connectivity index (χ4v) is 3.06. The first-order chi connectivity index (χ1) is 12.1. The minimum Gasteiger partial charge on any atom is -0.352 e. The summed E-state index contributed by atoms with van der Waals surface area (Å²) in [6.07, 6.45) is 3.01. The summed E-state index contributed by atoms with van der Waals surface area (Å²) in [6.45, 7) is 1.25. The van der Waals surface area contributed by atoms with E-state index < -0.39 is 0 Å². The van der Waals surface area contributed by atoms with E-state index in [0.29, 0.717) is 29.9 Å². The molecule has 2 N–H and O–H groups in total. The topological polar surface area (TPSA) is 95.9 Å². The van der Waals surface area contributed by atoms with Crippen LogP contribution in [0.4, 0.5) is 11.6 Å². The average Bonchev–Trinajstić information content (AvgIpc) is 3.20. The Hall–Kier alpha value is -3.16. The largest absolute Gasteiger partial charge is 0.352 e. The van der Waals surface area contributed by atoms with Crippen molar-refractivity contribution in [2.45, 2.75) is 19.4 Å². The molecule has 0 radical (unpaired) electrons. The number of fused-ring (bicyclic) bond motifs is 1. The zero-order chi connectivity index (χ0) is 17.4. The van der Waals surface area contributed by atoms with Crippen LogP contribution in [0.2, 0.25) is 0 Å². The minimum atomic E-state index is -0.225. The van der Waals surface area contributed by atoms with Gasteiger partial charge in [-0.05, 0) is 24.1 Å². The summed E-state index contributed by atoms with van der Waals surface area (Å²) in [7, 11) is 1.75. The van der Waals surface area contributed by atoms with Crippen molar-refractivity contribution in [3.8, 4) is 0 Å². The number of hydrogen-bond acceptors (Lipinski definition) is 5. The van der Waals surface area contributed by atoms with Crippen molar-refractivity contribution in [2.24, 2.45) is 7.05 Å². The number of H-pyrrole nitrogens is 1. The minimum absolute atomic E-state index is 0.165. The summed E-state index contributed by atoms with van der Waals surface area (Å²) >= 11 is 0. The lowest BCUT2D eigenvalue weighted by Crippen LogP contribution is -2.23. The Morgan fingerprint density at radius 1 is 1.32 bits per heavy atom. The summed E-state index contributed by atoms with van der Waals surface area (Å²) in [6, 6.07) is 7.82. The van der Waals surface area contributed by atoms with Gasteiger partial charge in [-0.1, -0.05) is 12.1 Å². The standard InChI is InChI=1S/C17H18N6O2/c1-22-15-13(10-19-22)16(25)21-17(20-15)18-9-11-4-2-5-12(8-11)23-7-3-6-14(23)24/h2,4-5,8,10H,3,6-7,9H2,1H3,(H2,18,20,21,25). The number of amides is 1. The summed E-state index contributed by atoms with van der Waals surface area (Å²) in [5.41, 5.74) is 2.22. The van der Waals surface area contributed by atoms with Gasteiger partial charge in [-0.25, -0.2) is 0 Å². The lowest BCUT2D eigenvalue weighted by Gasteiger charge is -2.16. The Kier molecular flexibility index (Phi) is 3.72. The number of aromatic nitrogens is 4. The van der Waals surface area contributed by atoms with Crippen molar-refractivity contribution in [1.82, 2.24) is 19.7 Å². The molecule has 3 aromatic rings. The lowest BCUT2D eigenvalue weighted by atomic mass is 10.2. The Morgan fingerprint density at radius 3 is 3.00 bits per heavy atom. The molecule has 0 atom stereocenters. The Balaban J connectivity index is 1.54. The number of nitrogens with one attached hydrogen (secondary N) is 2. The van der Waals surface area contributed by atoms with Crippen molar-refractivity contribution in [2.75, 3.05) is 16.8 Å². The van der Waals surface area contributed by atoms with Crippen LogP contribution in [0.5, 0.6) is 0 Å². The van der Waals surface area contributed by atoms with E-state index in [1.807, 2.05) is 29.2 Å². The van der Waals surface area contributed by atoms with E-state index in [1.165, 1.54) is 6.20 Å². The fourth-order valence-electron chi connectivity index (χ4n) is 3.06. The third-order valence-corrected chi connectivity index (χ3v) is 4.36. The smallest absolute Gasteiger partial charge is 0.263 e. The fraction of sp³-hybridized carbons (Fsp3) is 0.294. The first-order valence-electron chi connectivity index (χ1n) is 8.17. The number of aromatic amines is 1. The predicted octanol–water partition coefficient (Wildman–Crippen LogP) is 1.40. The van der Waals surface area contributed by atoms with Crippen LogP contribution in [-0.4, -0.2) is 32.2 Å². The summed E-state index contributed by atoms with van der Waals surface area (Å²) in [5, 5.41) is 7.64. The van der Waals surface area contributed by atoms with Crippen LogP contribution in [0.15, 0.2) is 35.3 Å². The maximum atomic E-state index is 12.1. The number of hydrogen-bond donors (Lipinski definition) is 2. The molecular weight excluding hydrogens is 320 g/mol. The number of carbonyl (C=O) groups excluding carboxylic acids is 1. The van der Waals surface area contributed by atoms with Gasteiger partial charge in [-0.2, -0.15) is 10.1 Å². The zero-order valence-corrected chi connectivity index (χ0v) is 13.8. The summed E-state index contributed by atoms with van der Waals surface area (Å²) in [4.78, 5) is 32.9. The maximum Gasteiger partial charge on any atom is 0.263 e. The molecule has 4 rings (SSSR count). The molecule has 3 heterocycles. The molecule has 25 heavy (non-hydrogen) atoms. The quantitative estimate of drug-likeness (QED) is 0.749. The first kappa shape index (κ1) is 15.4. The van der Waals surface area contributed by atoms with Crippen molar-refractivity contribution < 1.29 is 4.79 Å². The lowest BCUT2D eigenvalue weighted by molar-refractivity contribution is -0.117. The molecule has 0 aliphatic carbocycles. The number of carbonyl (C=O) groups is 1. The third-order valence-electron chi connectivity index (χ3n) is 4.36. The van der Waals surface area contributed by atoms with Gasteiger partial charge in [0.05, 0.1) is 6.20 Å². The highest BCUT2D eigenvalue weighted by Crippen LogP contribution is 2.22. The van der Waals surface area contributed by atoms with Gasteiger partial charge in [0.25, 0.3) is 5.56 Å². The van der Waals surface area contributed by atoms with Crippen LogP contribution in [0.1, 0.15) is 18.4 Å². The Bertz CT molecular complexity index is 1010. The molecule has 0 bridgehead atoms. The monoisotopic (exact) mass is 338 g/mol. The molecule has 8 heteroatoms. The van der Waals surface area contributed by atoms with Gasteiger partial charge < -0.3 is 10.2 Å². The van der Waals surface area contributed by atoms with Crippen LogP contribution >= 0.6 is 0 Å². The zero-order valence-electron chi connectivity index (χ0n) is 13.8. The molecule has 1 aromatic carbocycles. The molecule has 1 saturated heterocycles. The van der Waals surface area contributed by atoms with Gasteiger partial charge in [-0.3, -0.25) is 19.3 Å². The average molecular weight is 338 g/mol. The second-order valence-corrected chi connectivity index (χ2v) is 6.09. The van der Waals surface area contributed by atoms with Crippen LogP contribution < -0.4 is 15.8 Å². The molecule has 128 valence electrons. The highest BCUT2D eigenvalue weighted by molar-refractivity contribution is 5.95. The van der Waals surface area contributed by atoms with E-state index in [9.17, 15) is 9.59 Å². The van der Waals surface area contributed by atoms with Crippen LogP contribution in [0.3, 0.4) is 0 Å². The van der Waals surface area contributed by atoms with Crippen LogP contribution in [0, 0.1) is 0 Å². The summed E-state index contributed by atoms with van der Waals surface area (Å²) < 4.78 is 1.56. The number of rotatable bonds is 4. The Labute approximate surface area is 143 Å². The van der Waals surface area contributed by atoms with E-state index in [1.54, 1.807) is 11.7 Å². The van der Waals surface area contributed by atoms with E-state index >= 15 is 0 Å². The highest BCUT2D eigenvalue weighted by Gasteiger charge is 2.21. The molecule has 0 spiro atoms. The van der Waals surface area contributed by atoms with E-state index in [0.717, 1.165) is 24.2 Å². The first-order valence-corrected chi connectivity index (χ1v) is 8.17. The summed E-state index contributed by atoms with van der Waals surface area (Å²) in [5.74, 6) is 0.557. The molecule has 1 amide bonds. The molecule has 1 aliphatic heterocycles. The van der Waals surface area contributed by atoms with Crippen molar-refractivity contribution >= 4 is 28.6 Å². The van der Waals surface area contributed by atoms with Gasteiger partial charge in [0.15, 0.2) is 5.65 Å². The van der Waals surface area contributed by atoms with Gasteiger partial charge in [0, 0.05) is 32.2 Å². The molecule has 0 saturated carbocycles. The number of nitrogens with zero attached hydrogens (tertiary/aromatic N) is 4. The molecule has 1 aliphatic rings. The van der Waals surface area contributed by atoms with Gasteiger partial charge in [0.1, 0.15) is 5.39 Å². The number of aryl methyl sites for hydroxylation is 1. The molecule has 1 fully saturated rings. The van der Waals surface area contributed by atoms with Gasteiger partial charge >= 0.3 is 0 Å². The molecule has 0 unspecified atom stereocenters. The van der Waals surface area contributed by atoms with E-state index in [-0.39, 0.29) is 11.5 Å². The predicted molar refractivity (Wildman–Crippen MR) is 94.5 cm³/mol. The number of benzene rings is 1. The molecule has 2 aromatic heterocycles. The van der Waals surface area contributed by atoms with Gasteiger partial charge in [0.2, 0.25) is 11.9 Å². The van der Waals surface area contributed by atoms with Crippen molar-refractivity contribution in [3.63, 3.8) is 0 Å². The van der Waals surface area contributed by atoms with Crippen LogP contribution in [-0.2, 0) is 18.4 Å².